The standard InChI is InChI=1S/C19H18N4O3/c1-2-26-16-10-6-4-8-13(16)20-18(25)14-11-17(24)23-15-9-5-3-7-12(15)21-19(23)22-14/h3-10,14H,2,11H2,1H3,(H,20,25)(H,21,22). The maximum atomic E-state index is 12.7. The maximum Gasteiger partial charge on any atom is 0.247 e. The molecular formula is C19H18N4O3. The SMILES string of the molecule is CCOc1ccccc1NC(=O)C1CC(=O)n2c(nc3ccccc32)N1. The molecule has 1 aliphatic rings. The van der Waals surface area contributed by atoms with Gasteiger partial charge in [-0.25, -0.2) is 9.55 Å². The number of rotatable bonds is 4. The van der Waals surface area contributed by atoms with Gasteiger partial charge in [-0.05, 0) is 31.2 Å². The number of hydrogen-bond donors (Lipinski definition) is 2. The van der Waals surface area contributed by atoms with Gasteiger partial charge in [-0.15, -0.1) is 0 Å². The highest BCUT2D eigenvalue weighted by atomic mass is 16.5. The Morgan fingerprint density at radius 2 is 2.04 bits per heavy atom. The van der Waals surface area contributed by atoms with Crippen LogP contribution in [0.5, 0.6) is 5.75 Å². The predicted octanol–water partition coefficient (Wildman–Crippen LogP) is 2.90. The molecule has 1 atom stereocenters. The average Bonchev–Trinajstić information content (AvgIpc) is 3.02. The van der Waals surface area contributed by atoms with E-state index in [4.69, 9.17) is 4.74 Å². The first-order valence-corrected chi connectivity index (χ1v) is 8.47. The maximum absolute atomic E-state index is 12.7. The molecule has 132 valence electrons. The van der Waals surface area contributed by atoms with E-state index in [-0.39, 0.29) is 18.2 Å². The molecule has 0 radical (unpaired) electrons. The zero-order valence-corrected chi connectivity index (χ0v) is 14.2. The zero-order chi connectivity index (χ0) is 18.1. The van der Waals surface area contributed by atoms with E-state index in [1.54, 1.807) is 12.1 Å². The van der Waals surface area contributed by atoms with Crippen LogP contribution in [-0.4, -0.2) is 34.0 Å². The van der Waals surface area contributed by atoms with Gasteiger partial charge in [-0.3, -0.25) is 9.59 Å². The topological polar surface area (TPSA) is 85.2 Å². The monoisotopic (exact) mass is 350 g/mol. The number of carbonyl (C=O) groups excluding carboxylic acids is 2. The summed E-state index contributed by atoms with van der Waals surface area (Å²) in [6.07, 6.45) is 0.0516. The number of amides is 1. The van der Waals surface area contributed by atoms with Crippen LogP contribution in [0.25, 0.3) is 11.0 Å². The van der Waals surface area contributed by atoms with Crippen LogP contribution < -0.4 is 15.4 Å². The van der Waals surface area contributed by atoms with Crippen molar-refractivity contribution in [2.24, 2.45) is 0 Å². The molecule has 26 heavy (non-hydrogen) atoms. The Labute approximate surface area is 150 Å². The summed E-state index contributed by atoms with van der Waals surface area (Å²) in [6.45, 7) is 2.38. The lowest BCUT2D eigenvalue weighted by atomic mass is 10.1. The van der Waals surface area contributed by atoms with Crippen LogP contribution >= 0.6 is 0 Å². The summed E-state index contributed by atoms with van der Waals surface area (Å²) >= 11 is 0. The lowest BCUT2D eigenvalue weighted by Crippen LogP contribution is -2.42. The van der Waals surface area contributed by atoms with Crippen LogP contribution in [0.2, 0.25) is 0 Å². The van der Waals surface area contributed by atoms with Crippen LogP contribution in [0.1, 0.15) is 18.1 Å². The van der Waals surface area contributed by atoms with E-state index >= 15 is 0 Å². The van der Waals surface area contributed by atoms with Gasteiger partial charge in [-0.2, -0.15) is 0 Å². The van der Waals surface area contributed by atoms with Gasteiger partial charge in [0.2, 0.25) is 17.8 Å². The van der Waals surface area contributed by atoms with Crippen LogP contribution in [0, 0.1) is 0 Å². The number of anilines is 2. The number of nitrogens with zero attached hydrogens (tertiary/aromatic N) is 2. The fraction of sp³-hybridized carbons (Fsp3) is 0.211. The highest BCUT2D eigenvalue weighted by molar-refractivity contribution is 6.04. The van der Waals surface area contributed by atoms with Crippen LogP contribution in [0.3, 0.4) is 0 Å². The molecule has 1 amide bonds. The summed E-state index contributed by atoms with van der Waals surface area (Å²) in [7, 11) is 0. The normalized spacial score (nSPS) is 16.0. The Hall–Kier alpha value is -3.35. The van der Waals surface area contributed by atoms with Gasteiger partial charge >= 0.3 is 0 Å². The van der Waals surface area contributed by atoms with Gasteiger partial charge in [0.05, 0.1) is 29.7 Å². The molecule has 0 saturated heterocycles. The van der Waals surface area contributed by atoms with Gasteiger partial charge in [0.15, 0.2) is 0 Å². The van der Waals surface area contributed by atoms with E-state index in [2.05, 4.69) is 15.6 Å². The Morgan fingerprint density at radius 1 is 1.27 bits per heavy atom. The molecule has 7 heteroatoms. The molecule has 3 aromatic rings. The summed E-state index contributed by atoms with van der Waals surface area (Å²) in [5, 5.41) is 5.90. The lowest BCUT2D eigenvalue weighted by Gasteiger charge is -2.24. The first-order chi connectivity index (χ1) is 12.7. The highest BCUT2D eigenvalue weighted by Crippen LogP contribution is 2.27. The van der Waals surface area contributed by atoms with Crippen molar-refractivity contribution in [3.05, 3.63) is 48.5 Å². The number of benzene rings is 2. The van der Waals surface area contributed by atoms with Crippen LogP contribution in [-0.2, 0) is 4.79 Å². The summed E-state index contributed by atoms with van der Waals surface area (Å²) < 4.78 is 7.05. The second-order valence-electron chi connectivity index (χ2n) is 5.97. The van der Waals surface area contributed by atoms with Crippen molar-refractivity contribution in [2.45, 2.75) is 19.4 Å². The average molecular weight is 350 g/mol. The highest BCUT2D eigenvalue weighted by Gasteiger charge is 2.31. The summed E-state index contributed by atoms with van der Waals surface area (Å²) in [6, 6.07) is 13.9. The van der Waals surface area contributed by atoms with Crippen molar-refractivity contribution in [3.8, 4) is 5.75 Å². The number of hydrogen-bond acceptors (Lipinski definition) is 5. The largest absolute Gasteiger partial charge is 0.492 e. The number of carbonyl (C=O) groups is 2. The van der Waals surface area contributed by atoms with E-state index < -0.39 is 6.04 Å². The minimum absolute atomic E-state index is 0.0516. The molecule has 1 aromatic heterocycles. The van der Waals surface area contributed by atoms with E-state index in [0.717, 1.165) is 5.52 Å². The first-order valence-electron chi connectivity index (χ1n) is 8.47. The molecule has 0 fully saturated rings. The number of ether oxygens (including phenoxy) is 1. The third-order valence-electron chi connectivity index (χ3n) is 4.25. The van der Waals surface area contributed by atoms with E-state index in [1.165, 1.54) is 4.57 Å². The predicted molar refractivity (Wildman–Crippen MR) is 98.6 cm³/mol. The zero-order valence-electron chi connectivity index (χ0n) is 14.2. The summed E-state index contributed by atoms with van der Waals surface area (Å²) in [5.41, 5.74) is 2.03. The van der Waals surface area contributed by atoms with E-state index in [9.17, 15) is 9.59 Å². The molecule has 1 unspecified atom stereocenters. The molecule has 0 saturated carbocycles. The van der Waals surface area contributed by atoms with Crippen molar-refractivity contribution < 1.29 is 14.3 Å². The Kier molecular flexibility index (Phi) is 4.04. The van der Waals surface area contributed by atoms with Gasteiger partial charge in [0.1, 0.15) is 11.8 Å². The third-order valence-corrected chi connectivity index (χ3v) is 4.25. The second-order valence-corrected chi connectivity index (χ2v) is 5.97. The van der Waals surface area contributed by atoms with Gasteiger partial charge < -0.3 is 15.4 Å². The van der Waals surface area contributed by atoms with Gasteiger partial charge in [-0.1, -0.05) is 24.3 Å². The lowest BCUT2D eigenvalue weighted by molar-refractivity contribution is -0.117. The minimum Gasteiger partial charge on any atom is -0.492 e. The molecule has 2 aromatic carbocycles. The molecule has 2 N–H and O–H groups in total. The molecule has 7 nitrogen and oxygen atoms in total. The third kappa shape index (κ3) is 2.77. The Bertz CT molecular complexity index is 995. The fourth-order valence-electron chi connectivity index (χ4n) is 3.08. The van der Waals surface area contributed by atoms with E-state index in [0.29, 0.717) is 29.5 Å². The second kappa shape index (κ2) is 6.51. The number of para-hydroxylation sites is 4. The number of imidazole rings is 1. The molecule has 4 rings (SSSR count). The number of aromatic nitrogens is 2. The molecule has 0 spiro atoms. The number of fused-ring (bicyclic) bond motifs is 3. The molecule has 2 heterocycles. The molecular weight excluding hydrogens is 332 g/mol. The summed E-state index contributed by atoms with van der Waals surface area (Å²) in [4.78, 5) is 29.7. The van der Waals surface area contributed by atoms with Gasteiger partial charge in [0.25, 0.3) is 0 Å². The Balaban J connectivity index is 1.58. The van der Waals surface area contributed by atoms with Crippen molar-refractivity contribution in [3.63, 3.8) is 0 Å². The van der Waals surface area contributed by atoms with Crippen LogP contribution in [0.15, 0.2) is 48.5 Å². The quantitative estimate of drug-likeness (QED) is 0.756. The van der Waals surface area contributed by atoms with Crippen molar-refractivity contribution in [2.75, 3.05) is 17.2 Å². The van der Waals surface area contributed by atoms with Crippen molar-refractivity contribution in [1.29, 1.82) is 0 Å². The van der Waals surface area contributed by atoms with Gasteiger partial charge in [0, 0.05) is 0 Å². The number of nitrogens with one attached hydrogen (secondary N) is 2. The molecule has 0 aliphatic carbocycles. The van der Waals surface area contributed by atoms with Crippen molar-refractivity contribution >= 4 is 34.5 Å². The smallest absolute Gasteiger partial charge is 0.247 e. The first kappa shape index (κ1) is 16.1. The fourth-order valence-corrected chi connectivity index (χ4v) is 3.08. The molecule has 0 bridgehead atoms. The van der Waals surface area contributed by atoms with Crippen LogP contribution in [0.4, 0.5) is 11.6 Å². The van der Waals surface area contributed by atoms with Crippen molar-refractivity contribution in [1.82, 2.24) is 9.55 Å². The minimum atomic E-state index is -0.693. The molecule has 1 aliphatic heterocycles. The summed E-state index contributed by atoms with van der Waals surface area (Å²) in [5.74, 6) is 0.521. The Morgan fingerprint density at radius 3 is 2.88 bits per heavy atom. The van der Waals surface area contributed by atoms with E-state index in [1.807, 2.05) is 43.3 Å².